The molecule has 0 spiro atoms. The van der Waals surface area contributed by atoms with Gasteiger partial charge >= 0.3 is 0 Å². The van der Waals surface area contributed by atoms with Crippen LogP contribution in [0.25, 0.3) is 0 Å². The first-order valence-corrected chi connectivity index (χ1v) is 6.36. The van der Waals surface area contributed by atoms with Gasteiger partial charge in [-0.2, -0.15) is 0 Å². The Bertz CT molecular complexity index is 518. The van der Waals surface area contributed by atoms with Crippen molar-refractivity contribution in [2.75, 3.05) is 11.4 Å². The van der Waals surface area contributed by atoms with E-state index in [1.807, 2.05) is 30.3 Å². The molecule has 1 aromatic heterocycles. The fourth-order valence-electron chi connectivity index (χ4n) is 1.90. The molecule has 2 aromatic rings. The summed E-state index contributed by atoms with van der Waals surface area (Å²) in [5.74, 6) is 0.613. The van der Waals surface area contributed by atoms with Crippen molar-refractivity contribution in [3.05, 3.63) is 54.0 Å². The number of furan rings is 1. The van der Waals surface area contributed by atoms with E-state index in [9.17, 15) is 4.79 Å². The number of rotatable bonds is 5. The quantitative estimate of drug-likeness (QED) is 0.895. The standard InChI is InChI=1S/C15H18N2O2/c1-2-12-5-7-13(8-6-12)17(15(18)10-16)11-14-4-3-9-19-14/h3-9H,2,10-11,16H2,1H3. The Labute approximate surface area is 112 Å². The molecule has 0 radical (unpaired) electrons. The highest BCUT2D eigenvalue weighted by atomic mass is 16.3. The lowest BCUT2D eigenvalue weighted by molar-refractivity contribution is -0.117. The molecule has 0 bridgehead atoms. The van der Waals surface area contributed by atoms with Crippen LogP contribution in [0.1, 0.15) is 18.2 Å². The van der Waals surface area contributed by atoms with Crippen molar-refractivity contribution in [1.29, 1.82) is 0 Å². The summed E-state index contributed by atoms with van der Waals surface area (Å²) in [5, 5.41) is 0. The number of carbonyl (C=O) groups excluding carboxylic acids is 1. The van der Waals surface area contributed by atoms with E-state index in [0.717, 1.165) is 17.9 Å². The normalized spacial score (nSPS) is 10.4. The number of benzene rings is 1. The first-order valence-electron chi connectivity index (χ1n) is 6.36. The molecule has 0 saturated heterocycles. The molecule has 0 aliphatic heterocycles. The van der Waals surface area contributed by atoms with Gasteiger partial charge in [-0.1, -0.05) is 19.1 Å². The minimum absolute atomic E-state index is 0.0176. The maximum Gasteiger partial charge on any atom is 0.241 e. The van der Waals surface area contributed by atoms with Gasteiger partial charge in [-0.15, -0.1) is 0 Å². The van der Waals surface area contributed by atoms with Crippen LogP contribution in [0.5, 0.6) is 0 Å². The minimum atomic E-state index is -0.124. The molecule has 4 nitrogen and oxygen atoms in total. The highest BCUT2D eigenvalue weighted by Crippen LogP contribution is 2.19. The van der Waals surface area contributed by atoms with Crippen molar-refractivity contribution in [1.82, 2.24) is 0 Å². The average Bonchev–Trinajstić information content (AvgIpc) is 2.97. The summed E-state index contributed by atoms with van der Waals surface area (Å²) in [5.41, 5.74) is 7.55. The lowest BCUT2D eigenvalue weighted by Gasteiger charge is -2.21. The number of nitrogens with zero attached hydrogens (tertiary/aromatic N) is 1. The van der Waals surface area contributed by atoms with Gasteiger partial charge in [0.1, 0.15) is 5.76 Å². The topological polar surface area (TPSA) is 59.5 Å². The van der Waals surface area contributed by atoms with Crippen molar-refractivity contribution in [2.45, 2.75) is 19.9 Å². The zero-order chi connectivity index (χ0) is 13.7. The summed E-state index contributed by atoms with van der Waals surface area (Å²) < 4.78 is 5.29. The van der Waals surface area contributed by atoms with Crippen LogP contribution >= 0.6 is 0 Å². The van der Waals surface area contributed by atoms with E-state index in [4.69, 9.17) is 10.2 Å². The molecular formula is C15H18N2O2. The first kappa shape index (κ1) is 13.4. The van der Waals surface area contributed by atoms with Crippen LogP contribution in [-0.2, 0) is 17.8 Å². The van der Waals surface area contributed by atoms with Gasteiger partial charge in [0.15, 0.2) is 0 Å². The average molecular weight is 258 g/mol. The Morgan fingerprint density at radius 2 is 2.00 bits per heavy atom. The van der Waals surface area contributed by atoms with Gasteiger partial charge in [0.25, 0.3) is 0 Å². The summed E-state index contributed by atoms with van der Waals surface area (Å²) in [4.78, 5) is 13.6. The van der Waals surface area contributed by atoms with Gasteiger partial charge in [0.05, 0.1) is 19.4 Å². The highest BCUT2D eigenvalue weighted by molar-refractivity contribution is 5.94. The zero-order valence-corrected chi connectivity index (χ0v) is 11.0. The van der Waals surface area contributed by atoms with E-state index in [0.29, 0.717) is 6.54 Å². The maximum absolute atomic E-state index is 12.0. The minimum Gasteiger partial charge on any atom is -0.467 e. The van der Waals surface area contributed by atoms with Crippen LogP contribution in [0.2, 0.25) is 0 Å². The third kappa shape index (κ3) is 3.23. The number of amides is 1. The van der Waals surface area contributed by atoms with Crippen molar-refractivity contribution < 1.29 is 9.21 Å². The second kappa shape index (κ2) is 6.20. The molecule has 0 fully saturated rings. The Morgan fingerprint density at radius 1 is 1.26 bits per heavy atom. The van der Waals surface area contributed by atoms with E-state index in [1.54, 1.807) is 17.2 Å². The molecule has 4 heteroatoms. The molecule has 100 valence electrons. The van der Waals surface area contributed by atoms with Crippen LogP contribution < -0.4 is 10.6 Å². The van der Waals surface area contributed by atoms with E-state index in [1.165, 1.54) is 5.56 Å². The molecule has 2 rings (SSSR count). The van der Waals surface area contributed by atoms with Crippen molar-refractivity contribution in [3.63, 3.8) is 0 Å². The summed E-state index contributed by atoms with van der Waals surface area (Å²) in [7, 11) is 0. The number of nitrogens with two attached hydrogens (primary N) is 1. The molecule has 0 unspecified atom stereocenters. The molecule has 2 N–H and O–H groups in total. The van der Waals surface area contributed by atoms with Crippen LogP contribution in [0.3, 0.4) is 0 Å². The summed E-state index contributed by atoms with van der Waals surface area (Å²) in [6.07, 6.45) is 2.57. The van der Waals surface area contributed by atoms with Crippen LogP contribution in [-0.4, -0.2) is 12.5 Å². The molecule has 0 atom stereocenters. The highest BCUT2D eigenvalue weighted by Gasteiger charge is 2.15. The van der Waals surface area contributed by atoms with Gasteiger partial charge < -0.3 is 15.1 Å². The number of hydrogen-bond donors (Lipinski definition) is 1. The Balaban J connectivity index is 2.23. The SMILES string of the molecule is CCc1ccc(N(Cc2ccco2)C(=O)CN)cc1. The molecular weight excluding hydrogens is 240 g/mol. The number of anilines is 1. The summed E-state index contributed by atoms with van der Waals surface area (Å²) in [6, 6.07) is 11.6. The van der Waals surface area contributed by atoms with Gasteiger partial charge in [0, 0.05) is 5.69 Å². The number of hydrogen-bond acceptors (Lipinski definition) is 3. The molecule has 0 saturated carbocycles. The van der Waals surface area contributed by atoms with E-state index in [2.05, 4.69) is 6.92 Å². The molecule has 0 aliphatic rings. The smallest absolute Gasteiger partial charge is 0.241 e. The zero-order valence-electron chi connectivity index (χ0n) is 11.0. The summed E-state index contributed by atoms with van der Waals surface area (Å²) >= 11 is 0. The Morgan fingerprint density at radius 3 is 2.53 bits per heavy atom. The van der Waals surface area contributed by atoms with E-state index in [-0.39, 0.29) is 12.5 Å². The number of carbonyl (C=O) groups is 1. The fraction of sp³-hybridized carbons (Fsp3) is 0.267. The lowest BCUT2D eigenvalue weighted by Crippen LogP contribution is -2.35. The van der Waals surface area contributed by atoms with Crippen molar-refractivity contribution in [3.8, 4) is 0 Å². The monoisotopic (exact) mass is 258 g/mol. The predicted octanol–water partition coefficient (Wildman–Crippen LogP) is 2.33. The second-order valence-corrected chi connectivity index (χ2v) is 4.28. The van der Waals surface area contributed by atoms with Gasteiger partial charge in [-0.3, -0.25) is 4.79 Å². The van der Waals surface area contributed by atoms with Crippen LogP contribution in [0.15, 0.2) is 47.1 Å². The molecule has 1 heterocycles. The summed E-state index contributed by atoms with van der Waals surface area (Å²) in [6.45, 7) is 2.48. The second-order valence-electron chi connectivity index (χ2n) is 4.28. The molecule has 0 aliphatic carbocycles. The first-order chi connectivity index (χ1) is 9.24. The van der Waals surface area contributed by atoms with E-state index < -0.39 is 0 Å². The van der Waals surface area contributed by atoms with Crippen molar-refractivity contribution >= 4 is 11.6 Å². The van der Waals surface area contributed by atoms with Gasteiger partial charge in [0.2, 0.25) is 5.91 Å². The Hall–Kier alpha value is -2.07. The predicted molar refractivity (Wildman–Crippen MR) is 74.8 cm³/mol. The Kier molecular flexibility index (Phi) is 4.36. The van der Waals surface area contributed by atoms with Crippen LogP contribution in [0.4, 0.5) is 5.69 Å². The maximum atomic E-state index is 12.0. The lowest BCUT2D eigenvalue weighted by atomic mass is 10.1. The van der Waals surface area contributed by atoms with E-state index >= 15 is 0 Å². The van der Waals surface area contributed by atoms with Crippen molar-refractivity contribution in [2.24, 2.45) is 5.73 Å². The fourth-order valence-corrected chi connectivity index (χ4v) is 1.90. The number of aryl methyl sites for hydroxylation is 1. The molecule has 1 amide bonds. The van der Waals surface area contributed by atoms with Gasteiger partial charge in [-0.05, 0) is 36.2 Å². The molecule has 19 heavy (non-hydrogen) atoms. The van der Waals surface area contributed by atoms with Gasteiger partial charge in [-0.25, -0.2) is 0 Å². The largest absolute Gasteiger partial charge is 0.467 e. The third-order valence-corrected chi connectivity index (χ3v) is 3.03. The molecule has 1 aromatic carbocycles. The van der Waals surface area contributed by atoms with Crippen LogP contribution in [0, 0.1) is 0 Å². The third-order valence-electron chi connectivity index (χ3n) is 3.03.